The first-order chi connectivity index (χ1) is 10.0. The maximum absolute atomic E-state index is 13.7. The normalized spacial score (nSPS) is 12.0. The Hall–Kier alpha value is -1.81. The lowest BCUT2D eigenvalue weighted by Gasteiger charge is -2.13. The molecule has 0 radical (unpaired) electrons. The van der Waals surface area contributed by atoms with E-state index < -0.39 is 17.0 Å². The Bertz CT molecular complexity index is 632. The van der Waals surface area contributed by atoms with Gasteiger partial charge in [0, 0.05) is 5.56 Å². The molecule has 0 amide bonds. The molecule has 0 saturated heterocycles. The highest BCUT2D eigenvalue weighted by Gasteiger charge is 2.16. The number of hydrogen-bond donors (Lipinski definition) is 0. The van der Waals surface area contributed by atoms with Crippen molar-refractivity contribution in [3.8, 4) is 11.5 Å². The van der Waals surface area contributed by atoms with E-state index in [-0.39, 0.29) is 5.56 Å². The zero-order chi connectivity index (χ0) is 15.4. The summed E-state index contributed by atoms with van der Waals surface area (Å²) < 4.78 is 37.2. The average Bonchev–Trinajstić information content (AvgIpc) is 2.49. The summed E-state index contributed by atoms with van der Waals surface area (Å²) in [6.45, 7) is 0. The second-order valence-corrected chi connectivity index (χ2v) is 5.05. The molecule has 0 spiro atoms. The number of alkyl halides is 1. The van der Waals surface area contributed by atoms with Gasteiger partial charge in [0.15, 0.2) is 11.5 Å². The van der Waals surface area contributed by atoms with E-state index in [1.54, 1.807) is 19.2 Å². The first kappa shape index (κ1) is 15.6. The molecule has 0 saturated carbocycles. The van der Waals surface area contributed by atoms with Gasteiger partial charge in [-0.2, -0.15) is 0 Å². The van der Waals surface area contributed by atoms with Crippen molar-refractivity contribution in [2.24, 2.45) is 0 Å². The van der Waals surface area contributed by atoms with Crippen LogP contribution in [0.4, 0.5) is 8.78 Å². The lowest BCUT2D eigenvalue weighted by Crippen LogP contribution is -2.01. The second-order valence-electron chi connectivity index (χ2n) is 4.53. The largest absolute Gasteiger partial charge is 0.493 e. The van der Waals surface area contributed by atoms with Crippen molar-refractivity contribution in [3.05, 3.63) is 59.2 Å². The number of ether oxygens (including phenoxy) is 2. The second kappa shape index (κ2) is 6.76. The van der Waals surface area contributed by atoms with Crippen molar-refractivity contribution in [2.45, 2.75) is 11.8 Å². The first-order valence-corrected chi connectivity index (χ1v) is 6.78. The van der Waals surface area contributed by atoms with Crippen LogP contribution in [0.5, 0.6) is 11.5 Å². The standard InChI is InChI=1S/C16H15ClF2O2/c1-20-15-6-3-10(8-16(15)21-2)7-13(17)12-9-11(18)4-5-14(12)19/h3-6,8-9,13H,7H2,1-2H3. The van der Waals surface area contributed by atoms with Gasteiger partial charge in [-0.05, 0) is 42.3 Å². The van der Waals surface area contributed by atoms with Gasteiger partial charge >= 0.3 is 0 Å². The van der Waals surface area contributed by atoms with Crippen LogP contribution in [0.2, 0.25) is 0 Å². The summed E-state index contributed by atoms with van der Waals surface area (Å²) in [5.41, 5.74) is 0.989. The van der Waals surface area contributed by atoms with Crippen LogP contribution in [-0.4, -0.2) is 14.2 Å². The SMILES string of the molecule is COc1ccc(CC(Cl)c2cc(F)ccc2F)cc1OC. The number of rotatable bonds is 5. The molecule has 2 aromatic carbocycles. The summed E-state index contributed by atoms with van der Waals surface area (Å²) in [6, 6.07) is 8.60. The molecule has 0 aliphatic rings. The van der Waals surface area contributed by atoms with Gasteiger partial charge in [-0.1, -0.05) is 6.07 Å². The molecular formula is C16H15ClF2O2. The highest BCUT2D eigenvalue weighted by Crippen LogP contribution is 2.32. The van der Waals surface area contributed by atoms with Gasteiger partial charge in [0.1, 0.15) is 11.6 Å². The molecule has 0 fully saturated rings. The Morgan fingerprint density at radius 3 is 2.38 bits per heavy atom. The van der Waals surface area contributed by atoms with Crippen LogP contribution in [0.1, 0.15) is 16.5 Å². The van der Waals surface area contributed by atoms with Gasteiger partial charge in [-0.3, -0.25) is 0 Å². The summed E-state index contributed by atoms with van der Waals surface area (Å²) in [5.74, 6) is 0.143. The van der Waals surface area contributed by atoms with E-state index >= 15 is 0 Å². The van der Waals surface area contributed by atoms with Crippen molar-refractivity contribution >= 4 is 11.6 Å². The molecule has 2 nitrogen and oxygen atoms in total. The van der Waals surface area contributed by atoms with Crippen molar-refractivity contribution in [2.75, 3.05) is 14.2 Å². The number of methoxy groups -OCH3 is 2. The Balaban J connectivity index is 2.23. The molecule has 2 rings (SSSR count). The van der Waals surface area contributed by atoms with Gasteiger partial charge in [-0.25, -0.2) is 8.78 Å². The molecule has 0 N–H and O–H groups in total. The van der Waals surface area contributed by atoms with E-state index in [0.717, 1.165) is 23.8 Å². The zero-order valence-corrected chi connectivity index (χ0v) is 12.5. The number of halogens is 3. The van der Waals surface area contributed by atoms with E-state index in [4.69, 9.17) is 21.1 Å². The molecule has 0 heterocycles. The van der Waals surface area contributed by atoms with Gasteiger partial charge in [0.2, 0.25) is 0 Å². The molecule has 1 unspecified atom stereocenters. The van der Waals surface area contributed by atoms with Gasteiger partial charge in [-0.15, -0.1) is 11.6 Å². The van der Waals surface area contributed by atoms with Crippen molar-refractivity contribution in [1.82, 2.24) is 0 Å². The average molecular weight is 313 g/mol. The van der Waals surface area contributed by atoms with E-state index in [9.17, 15) is 8.78 Å². The van der Waals surface area contributed by atoms with E-state index in [0.29, 0.717) is 17.9 Å². The molecule has 0 aliphatic heterocycles. The quantitative estimate of drug-likeness (QED) is 0.757. The van der Waals surface area contributed by atoms with Crippen LogP contribution in [0, 0.1) is 11.6 Å². The third kappa shape index (κ3) is 3.64. The fourth-order valence-electron chi connectivity index (χ4n) is 2.08. The van der Waals surface area contributed by atoms with Crippen LogP contribution in [-0.2, 0) is 6.42 Å². The predicted octanol–water partition coefficient (Wildman–Crippen LogP) is 4.50. The molecule has 21 heavy (non-hydrogen) atoms. The smallest absolute Gasteiger partial charge is 0.160 e. The molecule has 1 atom stereocenters. The van der Waals surface area contributed by atoms with E-state index in [1.165, 1.54) is 7.11 Å². The minimum absolute atomic E-state index is 0.145. The minimum atomic E-state index is -0.668. The van der Waals surface area contributed by atoms with Gasteiger partial charge in [0.05, 0.1) is 19.6 Å². The maximum Gasteiger partial charge on any atom is 0.160 e. The third-order valence-corrected chi connectivity index (χ3v) is 3.55. The van der Waals surface area contributed by atoms with E-state index in [2.05, 4.69) is 0 Å². The predicted molar refractivity (Wildman–Crippen MR) is 78.2 cm³/mol. The van der Waals surface area contributed by atoms with Crippen molar-refractivity contribution < 1.29 is 18.3 Å². The topological polar surface area (TPSA) is 18.5 Å². The monoisotopic (exact) mass is 312 g/mol. The van der Waals surface area contributed by atoms with Crippen molar-refractivity contribution in [3.63, 3.8) is 0 Å². The highest BCUT2D eigenvalue weighted by atomic mass is 35.5. The van der Waals surface area contributed by atoms with Crippen LogP contribution >= 0.6 is 11.6 Å². The Kier molecular flexibility index (Phi) is 5.02. The third-order valence-electron chi connectivity index (χ3n) is 3.16. The first-order valence-electron chi connectivity index (χ1n) is 6.35. The van der Waals surface area contributed by atoms with Gasteiger partial charge in [0.25, 0.3) is 0 Å². The fraction of sp³-hybridized carbons (Fsp3) is 0.250. The highest BCUT2D eigenvalue weighted by molar-refractivity contribution is 6.20. The van der Waals surface area contributed by atoms with Crippen LogP contribution in [0.15, 0.2) is 36.4 Å². The number of benzene rings is 2. The molecule has 2 aromatic rings. The minimum Gasteiger partial charge on any atom is -0.493 e. The summed E-state index contributed by atoms with van der Waals surface area (Å²) >= 11 is 6.21. The van der Waals surface area contributed by atoms with E-state index in [1.807, 2.05) is 6.07 Å². The Morgan fingerprint density at radius 1 is 1.00 bits per heavy atom. The molecule has 0 aliphatic carbocycles. The lowest BCUT2D eigenvalue weighted by atomic mass is 10.0. The zero-order valence-electron chi connectivity index (χ0n) is 11.7. The molecule has 5 heteroatoms. The molecule has 0 bridgehead atoms. The Morgan fingerprint density at radius 2 is 1.71 bits per heavy atom. The van der Waals surface area contributed by atoms with Crippen molar-refractivity contribution in [1.29, 1.82) is 0 Å². The summed E-state index contributed by atoms with van der Waals surface area (Å²) in [5, 5.41) is -0.668. The summed E-state index contributed by atoms with van der Waals surface area (Å²) in [7, 11) is 3.08. The summed E-state index contributed by atoms with van der Waals surface area (Å²) in [4.78, 5) is 0. The summed E-state index contributed by atoms with van der Waals surface area (Å²) in [6.07, 6.45) is 0.349. The fourth-order valence-corrected chi connectivity index (χ4v) is 2.42. The lowest BCUT2D eigenvalue weighted by molar-refractivity contribution is 0.354. The van der Waals surface area contributed by atoms with Gasteiger partial charge < -0.3 is 9.47 Å². The number of hydrogen-bond acceptors (Lipinski definition) is 2. The molecular weight excluding hydrogens is 298 g/mol. The molecule has 112 valence electrons. The van der Waals surface area contributed by atoms with Crippen LogP contribution in [0.3, 0.4) is 0 Å². The van der Waals surface area contributed by atoms with Crippen LogP contribution < -0.4 is 9.47 Å². The van der Waals surface area contributed by atoms with Crippen LogP contribution in [0.25, 0.3) is 0 Å². The maximum atomic E-state index is 13.7. The Labute approximate surface area is 127 Å². The molecule has 0 aromatic heterocycles.